The molecular weight excluding hydrogens is 386 g/mol. The topological polar surface area (TPSA) is 102 Å². The molecule has 1 aromatic rings. The molecule has 0 bridgehead atoms. The Labute approximate surface area is 176 Å². The highest BCUT2D eigenvalue weighted by Gasteiger charge is 2.27. The maximum Gasteiger partial charge on any atom is 0.244 e. The van der Waals surface area contributed by atoms with Crippen molar-refractivity contribution in [2.75, 3.05) is 56.0 Å². The number of nitrogens with zero attached hydrogens (tertiary/aromatic N) is 3. The predicted molar refractivity (Wildman–Crippen MR) is 113 cm³/mol. The van der Waals surface area contributed by atoms with Gasteiger partial charge in [0.1, 0.15) is 6.54 Å². The minimum atomic E-state index is -0.243. The van der Waals surface area contributed by atoms with Gasteiger partial charge in [-0.15, -0.1) is 0 Å². The van der Waals surface area contributed by atoms with E-state index in [-0.39, 0.29) is 43.0 Å². The normalized spacial score (nSPS) is 17.0. The van der Waals surface area contributed by atoms with Crippen LogP contribution in [0.15, 0.2) is 24.3 Å². The van der Waals surface area contributed by atoms with Gasteiger partial charge < -0.3 is 20.4 Å². The van der Waals surface area contributed by atoms with Crippen LogP contribution in [-0.2, 0) is 19.2 Å². The average Bonchev–Trinajstić information content (AvgIpc) is 2.97. The Kier molecular flexibility index (Phi) is 7.40. The molecule has 2 aliphatic heterocycles. The van der Waals surface area contributed by atoms with Crippen molar-refractivity contribution in [3.63, 3.8) is 0 Å². The summed E-state index contributed by atoms with van der Waals surface area (Å²) >= 11 is 0. The molecule has 30 heavy (non-hydrogen) atoms. The van der Waals surface area contributed by atoms with Crippen molar-refractivity contribution in [1.82, 2.24) is 15.1 Å². The number of likely N-dealkylation sites (N-methyl/N-ethyl adjacent to an activating group) is 1. The lowest BCUT2D eigenvalue weighted by molar-refractivity contribution is -0.133. The maximum absolute atomic E-state index is 12.7. The molecule has 0 unspecified atom stereocenters. The van der Waals surface area contributed by atoms with E-state index in [0.29, 0.717) is 44.1 Å². The van der Waals surface area contributed by atoms with Crippen molar-refractivity contribution >= 4 is 35.0 Å². The van der Waals surface area contributed by atoms with Gasteiger partial charge in [-0.3, -0.25) is 24.1 Å². The van der Waals surface area contributed by atoms with Crippen LogP contribution in [0.5, 0.6) is 0 Å². The van der Waals surface area contributed by atoms with Gasteiger partial charge in [0.25, 0.3) is 0 Å². The smallest absolute Gasteiger partial charge is 0.244 e. The molecule has 2 aliphatic rings. The molecule has 0 atom stereocenters. The van der Waals surface area contributed by atoms with Crippen LogP contribution in [0.4, 0.5) is 11.4 Å². The SMILES string of the molecule is CCNC(=O)CN1CCCN(C(=O)CCC(=O)N2CC(=O)Nc3ccccc32)CC1. The van der Waals surface area contributed by atoms with Crippen LogP contribution in [0.3, 0.4) is 0 Å². The van der Waals surface area contributed by atoms with Gasteiger partial charge in [-0.2, -0.15) is 0 Å². The number of benzene rings is 1. The van der Waals surface area contributed by atoms with E-state index in [2.05, 4.69) is 10.6 Å². The molecule has 1 fully saturated rings. The third-order valence-corrected chi connectivity index (χ3v) is 5.31. The number of nitrogens with one attached hydrogen (secondary N) is 2. The minimum Gasteiger partial charge on any atom is -0.355 e. The van der Waals surface area contributed by atoms with Gasteiger partial charge >= 0.3 is 0 Å². The number of carbonyl (C=O) groups excluding carboxylic acids is 4. The summed E-state index contributed by atoms with van der Waals surface area (Å²) in [4.78, 5) is 54.3. The number of fused-ring (bicyclic) bond motifs is 1. The summed E-state index contributed by atoms with van der Waals surface area (Å²) in [6.07, 6.45) is 0.952. The summed E-state index contributed by atoms with van der Waals surface area (Å²) in [5.41, 5.74) is 1.26. The number of para-hydroxylation sites is 2. The summed E-state index contributed by atoms with van der Waals surface area (Å²) in [6.45, 7) is 5.35. The lowest BCUT2D eigenvalue weighted by Gasteiger charge is -2.29. The fourth-order valence-corrected chi connectivity index (χ4v) is 3.80. The lowest BCUT2D eigenvalue weighted by Crippen LogP contribution is -2.43. The zero-order valence-corrected chi connectivity index (χ0v) is 17.4. The van der Waals surface area contributed by atoms with Gasteiger partial charge in [0.2, 0.25) is 23.6 Å². The fourth-order valence-electron chi connectivity index (χ4n) is 3.80. The second-order valence-electron chi connectivity index (χ2n) is 7.51. The van der Waals surface area contributed by atoms with E-state index in [0.717, 1.165) is 13.0 Å². The third-order valence-electron chi connectivity index (χ3n) is 5.31. The molecule has 2 N–H and O–H groups in total. The Morgan fingerprint density at radius 1 is 1.03 bits per heavy atom. The Hall–Kier alpha value is -2.94. The van der Waals surface area contributed by atoms with Gasteiger partial charge in [0.05, 0.1) is 17.9 Å². The van der Waals surface area contributed by atoms with Gasteiger partial charge in [-0.1, -0.05) is 12.1 Å². The van der Waals surface area contributed by atoms with Crippen LogP contribution in [0.2, 0.25) is 0 Å². The van der Waals surface area contributed by atoms with Gasteiger partial charge in [0.15, 0.2) is 0 Å². The second-order valence-corrected chi connectivity index (χ2v) is 7.51. The highest BCUT2D eigenvalue weighted by Crippen LogP contribution is 2.29. The number of anilines is 2. The van der Waals surface area contributed by atoms with Crippen LogP contribution < -0.4 is 15.5 Å². The Morgan fingerprint density at radius 2 is 1.80 bits per heavy atom. The van der Waals surface area contributed by atoms with Crippen molar-refractivity contribution in [2.45, 2.75) is 26.2 Å². The highest BCUT2D eigenvalue weighted by molar-refractivity contribution is 6.10. The van der Waals surface area contributed by atoms with E-state index < -0.39 is 0 Å². The number of rotatable bonds is 6. The lowest BCUT2D eigenvalue weighted by atomic mass is 10.1. The Balaban J connectivity index is 1.50. The first kappa shape index (κ1) is 21.8. The van der Waals surface area contributed by atoms with E-state index in [1.165, 1.54) is 4.90 Å². The molecule has 3 rings (SSSR count). The standard InChI is InChI=1S/C21H29N5O4/c1-2-22-18(27)14-24-10-5-11-25(13-12-24)20(29)8-9-21(30)26-15-19(28)23-16-6-3-4-7-17(16)26/h3-4,6-7H,2,5,8-15H2,1H3,(H,22,27)(H,23,28). The van der Waals surface area contributed by atoms with E-state index >= 15 is 0 Å². The second kappa shape index (κ2) is 10.2. The van der Waals surface area contributed by atoms with Gasteiger partial charge in [-0.25, -0.2) is 0 Å². The molecule has 0 aromatic heterocycles. The number of amides is 4. The Morgan fingerprint density at radius 3 is 2.60 bits per heavy atom. The Bertz CT molecular complexity index is 812. The van der Waals surface area contributed by atoms with Crippen molar-refractivity contribution in [3.05, 3.63) is 24.3 Å². The van der Waals surface area contributed by atoms with Crippen LogP contribution in [0.1, 0.15) is 26.2 Å². The quantitative estimate of drug-likeness (QED) is 0.701. The summed E-state index contributed by atoms with van der Waals surface area (Å²) in [5, 5.41) is 5.54. The van der Waals surface area contributed by atoms with Gasteiger partial charge in [-0.05, 0) is 25.5 Å². The van der Waals surface area contributed by atoms with Crippen LogP contribution in [0, 0.1) is 0 Å². The molecule has 9 heteroatoms. The summed E-state index contributed by atoms with van der Waals surface area (Å²) in [7, 11) is 0. The van der Waals surface area contributed by atoms with E-state index in [1.807, 2.05) is 17.9 Å². The summed E-state index contributed by atoms with van der Waals surface area (Å²) in [6, 6.07) is 7.14. The molecule has 1 saturated heterocycles. The third kappa shape index (κ3) is 5.56. The van der Waals surface area contributed by atoms with E-state index in [9.17, 15) is 19.2 Å². The minimum absolute atomic E-state index is 0.00581. The van der Waals surface area contributed by atoms with E-state index in [4.69, 9.17) is 0 Å². The molecular formula is C21H29N5O4. The highest BCUT2D eigenvalue weighted by atomic mass is 16.2. The molecule has 2 heterocycles. The molecule has 4 amide bonds. The average molecular weight is 415 g/mol. The zero-order valence-electron chi connectivity index (χ0n) is 17.4. The first-order valence-electron chi connectivity index (χ1n) is 10.4. The molecule has 0 spiro atoms. The van der Waals surface area contributed by atoms with Crippen LogP contribution >= 0.6 is 0 Å². The van der Waals surface area contributed by atoms with Crippen LogP contribution in [0.25, 0.3) is 0 Å². The fraction of sp³-hybridized carbons (Fsp3) is 0.524. The zero-order chi connectivity index (χ0) is 21.5. The molecule has 0 aliphatic carbocycles. The van der Waals surface area contributed by atoms with Crippen molar-refractivity contribution in [3.8, 4) is 0 Å². The monoisotopic (exact) mass is 415 g/mol. The number of hydrogen-bond acceptors (Lipinski definition) is 5. The molecule has 1 aromatic carbocycles. The summed E-state index contributed by atoms with van der Waals surface area (Å²) in [5.74, 6) is -0.557. The molecule has 9 nitrogen and oxygen atoms in total. The van der Waals surface area contributed by atoms with Crippen LogP contribution in [-0.4, -0.2) is 79.2 Å². The number of carbonyl (C=O) groups is 4. The molecule has 162 valence electrons. The van der Waals surface area contributed by atoms with Gasteiger partial charge in [0, 0.05) is 45.6 Å². The first-order chi connectivity index (χ1) is 14.5. The maximum atomic E-state index is 12.7. The van der Waals surface area contributed by atoms with Crippen molar-refractivity contribution in [2.24, 2.45) is 0 Å². The van der Waals surface area contributed by atoms with Crippen molar-refractivity contribution in [1.29, 1.82) is 0 Å². The molecule has 0 radical (unpaired) electrons. The predicted octanol–water partition coefficient (Wildman–Crippen LogP) is 0.422. The number of hydrogen-bond donors (Lipinski definition) is 2. The molecule has 0 saturated carbocycles. The first-order valence-corrected chi connectivity index (χ1v) is 10.4. The van der Waals surface area contributed by atoms with Crippen molar-refractivity contribution < 1.29 is 19.2 Å². The summed E-state index contributed by atoms with van der Waals surface area (Å²) < 4.78 is 0. The van der Waals surface area contributed by atoms with E-state index in [1.54, 1.807) is 23.1 Å². The largest absolute Gasteiger partial charge is 0.355 e.